The van der Waals surface area contributed by atoms with Crippen molar-refractivity contribution in [2.75, 3.05) is 6.61 Å². The van der Waals surface area contributed by atoms with Crippen LogP contribution in [-0.4, -0.2) is 18.2 Å². The maximum absolute atomic E-state index is 11.8. The number of carbonyl (C=O) groups excluding carboxylic acids is 1. The van der Waals surface area contributed by atoms with Gasteiger partial charge in [0.15, 0.2) is 6.61 Å². The minimum absolute atomic E-state index is 0.0187. The second kappa shape index (κ2) is 7.07. The fourth-order valence-electron chi connectivity index (χ4n) is 2.65. The van der Waals surface area contributed by atoms with E-state index in [9.17, 15) is 4.79 Å². The van der Waals surface area contributed by atoms with Crippen LogP contribution in [0.25, 0.3) is 10.8 Å². The molecule has 0 unspecified atom stereocenters. The molecule has 0 heterocycles. The fourth-order valence-corrected chi connectivity index (χ4v) is 2.65. The molecule has 0 bridgehead atoms. The Kier molecular flexibility index (Phi) is 4.68. The van der Waals surface area contributed by atoms with Crippen LogP contribution in [0.3, 0.4) is 0 Å². The molecule has 1 aliphatic rings. The number of hydrazone groups is 1. The van der Waals surface area contributed by atoms with E-state index in [1.54, 1.807) is 0 Å². The van der Waals surface area contributed by atoms with E-state index >= 15 is 0 Å². The Balaban J connectivity index is 1.53. The van der Waals surface area contributed by atoms with Gasteiger partial charge in [0.2, 0.25) is 0 Å². The first-order valence-corrected chi connectivity index (χ1v) is 7.77. The molecule has 0 aromatic heterocycles. The van der Waals surface area contributed by atoms with Gasteiger partial charge in [-0.15, -0.1) is 0 Å². The summed E-state index contributed by atoms with van der Waals surface area (Å²) in [6.07, 6.45) is 5.58. The summed E-state index contributed by atoms with van der Waals surface area (Å²) in [6, 6.07) is 13.9. The molecule has 4 nitrogen and oxygen atoms in total. The second-order valence-electron chi connectivity index (χ2n) is 5.57. The zero-order chi connectivity index (χ0) is 15.2. The van der Waals surface area contributed by atoms with Crippen LogP contribution in [-0.2, 0) is 4.79 Å². The number of nitrogens with zero attached hydrogens (tertiary/aromatic N) is 1. The van der Waals surface area contributed by atoms with Crippen molar-refractivity contribution in [3.8, 4) is 5.75 Å². The Morgan fingerprint density at radius 2 is 1.82 bits per heavy atom. The third-order valence-electron chi connectivity index (χ3n) is 3.86. The highest BCUT2D eigenvalue weighted by Crippen LogP contribution is 2.20. The third-order valence-corrected chi connectivity index (χ3v) is 3.86. The minimum Gasteiger partial charge on any atom is -0.484 e. The fraction of sp³-hybridized carbons (Fsp3) is 0.333. The number of hydrogen-bond donors (Lipinski definition) is 1. The molecular formula is C18H20N2O2. The molecule has 1 saturated carbocycles. The topological polar surface area (TPSA) is 50.7 Å². The molecule has 2 aromatic rings. The lowest BCUT2D eigenvalue weighted by Gasteiger charge is -2.12. The van der Waals surface area contributed by atoms with Crippen molar-refractivity contribution in [3.05, 3.63) is 42.5 Å². The van der Waals surface area contributed by atoms with Gasteiger partial charge < -0.3 is 4.74 Å². The molecule has 1 fully saturated rings. The Morgan fingerprint density at radius 3 is 2.64 bits per heavy atom. The summed E-state index contributed by atoms with van der Waals surface area (Å²) in [5, 5.41) is 6.44. The van der Waals surface area contributed by atoms with Gasteiger partial charge in [-0.25, -0.2) is 5.43 Å². The molecular weight excluding hydrogens is 276 g/mol. The van der Waals surface area contributed by atoms with Crippen LogP contribution in [0.1, 0.15) is 32.1 Å². The van der Waals surface area contributed by atoms with Crippen LogP contribution < -0.4 is 10.2 Å². The number of hydrogen-bond acceptors (Lipinski definition) is 3. The third kappa shape index (κ3) is 3.85. The van der Waals surface area contributed by atoms with Gasteiger partial charge in [0.1, 0.15) is 5.75 Å². The van der Waals surface area contributed by atoms with Gasteiger partial charge >= 0.3 is 0 Å². The van der Waals surface area contributed by atoms with Gasteiger partial charge in [-0.2, -0.15) is 5.10 Å². The number of benzene rings is 2. The lowest BCUT2D eigenvalue weighted by Crippen LogP contribution is -2.26. The maximum atomic E-state index is 11.8. The lowest BCUT2D eigenvalue weighted by molar-refractivity contribution is -0.123. The highest BCUT2D eigenvalue weighted by Gasteiger charge is 2.08. The molecule has 0 spiro atoms. The summed E-state index contributed by atoms with van der Waals surface area (Å²) >= 11 is 0. The van der Waals surface area contributed by atoms with E-state index in [1.165, 1.54) is 19.3 Å². The van der Waals surface area contributed by atoms with Crippen molar-refractivity contribution in [2.24, 2.45) is 5.10 Å². The lowest BCUT2D eigenvalue weighted by atomic mass is 9.99. The number of nitrogens with one attached hydrogen (secondary N) is 1. The Bertz CT molecular complexity index is 686. The Morgan fingerprint density at radius 1 is 1.05 bits per heavy atom. The first-order valence-electron chi connectivity index (χ1n) is 7.77. The number of fused-ring (bicyclic) bond motifs is 1. The highest BCUT2D eigenvalue weighted by molar-refractivity contribution is 5.87. The van der Waals surface area contributed by atoms with E-state index in [1.807, 2.05) is 42.5 Å². The number of amides is 1. The van der Waals surface area contributed by atoms with Crippen molar-refractivity contribution >= 4 is 22.4 Å². The van der Waals surface area contributed by atoms with Crippen molar-refractivity contribution in [1.82, 2.24) is 5.43 Å². The molecule has 1 N–H and O–H groups in total. The summed E-state index contributed by atoms with van der Waals surface area (Å²) in [5.74, 6) is 0.477. The second-order valence-corrected chi connectivity index (χ2v) is 5.57. The molecule has 0 atom stereocenters. The van der Waals surface area contributed by atoms with Gasteiger partial charge in [-0.3, -0.25) is 4.79 Å². The van der Waals surface area contributed by atoms with Gasteiger partial charge in [0.05, 0.1) is 0 Å². The minimum atomic E-state index is -0.216. The highest BCUT2D eigenvalue weighted by atomic mass is 16.5. The summed E-state index contributed by atoms with van der Waals surface area (Å²) in [6.45, 7) is -0.0187. The van der Waals surface area contributed by atoms with Crippen LogP contribution in [0.15, 0.2) is 47.6 Å². The van der Waals surface area contributed by atoms with E-state index in [0.717, 1.165) is 29.3 Å². The smallest absolute Gasteiger partial charge is 0.277 e. The summed E-state index contributed by atoms with van der Waals surface area (Å²) in [5.41, 5.74) is 3.67. The van der Waals surface area contributed by atoms with Crippen LogP contribution in [0.2, 0.25) is 0 Å². The molecule has 3 rings (SSSR count). The van der Waals surface area contributed by atoms with Gasteiger partial charge in [0.25, 0.3) is 5.91 Å². The largest absolute Gasteiger partial charge is 0.484 e. The Labute approximate surface area is 130 Å². The molecule has 2 aromatic carbocycles. The molecule has 1 amide bonds. The van der Waals surface area contributed by atoms with E-state index in [4.69, 9.17) is 4.74 Å². The molecule has 114 valence electrons. The van der Waals surface area contributed by atoms with E-state index in [0.29, 0.717) is 5.75 Å². The van der Waals surface area contributed by atoms with E-state index < -0.39 is 0 Å². The first-order chi connectivity index (χ1) is 10.8. The predicted molar refractivity (Wildman–Crippen MR) is 88.1 cm³/mol. The zero-order valence-corrected chi connectivity index (χ0v) is 12.5. The molecule has 1 aliphatic carbocycles. The van der Waals surface area contributed by atoms with Crippen LogP contribution in [0.5, 0.6) is 5.75 Å². The summed E-state index contributed by atoms with van der Waals surface area (Å²) in [4.78, 5) is 11.8. The SMILES string of the molecule is O=C(COc1ccc2ccccc2c1)NN=C1CCCCC1. The average molecular weight is 296 g/mol. The molecule has 0 radical (unpaired) electrons. The van der Waals surface area contributed by atoms with Crippen molar-refractivity contribution in [2.45, 2.75) is 32.1 Å². The normalized spacial score (nSPS) is 14.6. The molecule has 0 aliphatic heterocycles. The standard InChI is InChI=1S/C18H20N2O2/c21-18(20-19-16-8-2-1-3-9-16)13-22-17-11-10-14-6-4-5-7-15(14)12-17/h4-7,10-12H,1-3,8-9,13H2,(H,20,21). The van der Waals surface area contributed by atoms with Crippen LogP contribution in [0, 0.1) is 0 Å². The molecule has 22 heavy (non-hydrogen) atoms. The van der Waals surface area contributed by atoms with E-state index in [-0.39, 0.29) is 12.5 Å². The van der Waals surface area contributed by atoms with E-state index in [2.05, 4.69) is 10.5 Å². The number of ether oxygens (including phenoxy) is 1. The number of rotatable bonds is 4. The predicted octanol–water partition coefficient (Wildman–Crippen LogP) is 3.65. The summed E-state index contributed by atoms with van der Waals surface area (Å²) < 4.78 is 5.53. The summed E-state index contributed by atoms with van der Waals surface area (Å²) in [7, 11) is 0. The van der Waals surface area contributed by atoms with Gasteiger partial charge in [0, 0.05) is 5.71 Å². The van der Waals surface area contributed by atoms with Crippen molar-refractivity contribution < 1.29 is 9.53 Å². The van der Waals surface area contributed by atoms with Crippen LogP contribution in [0.4, 0.5) is 0 Å². The Hall–Kier alpha value is -2.36. The maximum Gasteiger partial charge on any atom is 0.277 e. The average Bonchev–Trinajstić information content (AvgIpc) is 2.59. The monoisotopic (exact) mass is 296 g/mol. The molecule has 4 heteroatoms. The number of carbonyl (C=O) groups is 1. The van der Waals surface area contributed by atoms with Crippen LogP contribution >= 0.6 is 0 Å². The quantitative estimate of drug-likeness (QED) is 0.875. The van der Waals surface area contributed by atoms with Gasteiger partial charge in [-0.05, 0) is 48.6 Å². The van der Waals surface area contributed by atoms with Crippen molar-refractivity contribution in [1.29, 1.82) is 0 Å². The van der Waals surface area contributed by atoms with Gasteiger partial charge in [-0.1, -0.05) is 36.8 Å². The zero-order valence-electron chi connectivity index (χ0n) is 12.5. The first kappa shape index (κ1) is 14.6. The van der Waals surface area contributed by atoms with Crippen molar-refractivity contribution in [3.63, 3.8) is 0 Å². The molecule has 0 saturated heterocycles.